The van der Waals surface area contributed by atoms with Crippen molar-refractivity contribution in [3.8, 4) is 0 Å². The number of carbonyl (C=O) groups excluding carboxylic acids is 2. The maximum absolute atomic E-state index is 12.3. The maximum atomic E-state index is 12.3. The van der Waals surface area contributed by atoms with Gasteiger partial charge in [-0.1, -0.05) is 48.2 Å². The van der Waals surface area contributed by atoms with E-state index < -0.39 is 0 Å². The quantitative estimate of drug-likeness (QED) is 0.409. The highest BCUT2D eigenvalue weighted by Crippen LogP contribution is 2.35. The molecule has 6 heteroatoms. The minimum atomic E-state index is -0.355. The number of carbonyl (C=O) groups is 2. The molecular weight excluding hydrogens is 430 g/mol. The van der Waals surface area contributed by atoms with Gasteiger partial charge in [0.1, 0.15) is 0 Å². The predicted octanol–water partition coefficient (Wildman–Crippen LogP) is 5.73. The number of H-pyrrole nitrogens is 1. The molecule has 0 fully saturated rings. The van der Waals surface area contributed by atoms with E-state index in [1.807, 2.05) is 56.4 Å². The molecule has 0 unspecified atom stereocenters. The number of amides is 2. The zero-order valence-electron chi connectivity index (χ0n) is 19.6. The standard InChI is InChI=1S/C18H18N2OS.C9H11NO/c1-12-8-9-13-15(10-12)19-11-17(13)22-16-7-5-4-6-14(16)18(21)20(2)3;1-6-4-3-5-8(7(6)2)9(10)11/h4-11,19H,1-3H3;3-5H,1-2H3,(H2,10,11). The van der Waals surface area contributed by atoms with Crippen LogP contribution in [0.1, 0.15) is 37.4 Å². The highest BCUT2D eigenvalue weighted by Gasteiger charge is 2.15. The molecule has 3 N–H and O–H groups in total. The lowest BCUT2D eigenvalue weighted by atomic mass is 10.0. The van der Waals surface area contributed by atoms with E-state index in [1.165, 1.54) is 10.9 Å². The van der Waals surface area contributed by atoms with Crippen molar-refractivity contribution in [1.29, 1.82) is 0 Å². The van der Waals surface area contributed by atoms with E-state index in [4.69, 9.17) is 5.73 Å². The van der Waals surface area contributed by atoms with E-state index >= 15 is 0 Å². The number of benzene rings is 3. The number of rotatable bonds is 4. The van der Waals surface area contributed by atoms with Gasteiger partial charge in [-0.15, -0.1) is 0 Å². The average molecular weight is 460 g/mol. The lowest BCUT2D eigenvalue weighted by molar-refractivity contribution is 0.0824. The summed E-state index contributed by atoms with van der Waals surface area (Å²) in [4.78, 5) is 30.1. The van der Waals surface area contributed by atoms with Gasteiger partial charge in [0.25, 0.3) is 5.91 Å². The van der Waals surface area contributed by atoms with E-state index in [-0.39, 0.29) is 11.8 Å². The number of nitrogens with two attached hydrogens (primary N) is 1. The summed E-state index contributed by atoms with van der Waals surface area (Å²) in [6.45, 7) is 5.94. The molecule has 0 saturated carbocycles. The fourth-order valence-electron chi connectivity index (χ4n) is 3.41. The van der Waals surface area contributed by atoms with Gasteiger partial charge in [0.15, 0.2) is 0 Å². The van der Waals surface area contributed by atoms with Gasteiger partial charge in [0.2, 0.25) is 5.91 Å². The molecule has 2 amide bonds. The minimum absolute atomic E-state index is 0.0267. The number of nitrogens with zero attached hydrogens (tertiary/aromatic N) is 1. The second-order valence-electron chi connectivity index (χ2n) is 8.11. The van der Waals surface area contributed by atoms with Crippen molar-refractivity contribution in [1.82, 2.24) is 9.88 Å². The Kier molecular flexibility index (Phi) is 7.61. The van der Waals surface area contributed by atoms with Crippen molar-refractivity contribution in [3.63, 3.8) is 0 Å². The summed E-state index contributed by atoms with van der Waals surface area (Å²) in [6.07, 6.45) is 2.01. The van der Waals surface area contributed by atoms with Crippen LogP contribution in [0.15, 0.2) is 76.7 Å². The van der Waals surface area contributed by atoms with Crippen molar-refractivity contribution in [2.45, 2.75) is 30.6 Å². The number of aryl methyl sites for hydroxylation is 2. The normalized spacial score (nSPS) is 10.5. The number of aromatic nitrogens is 1. The van der Waals surface area contributed by atoms with Gasteiger partial charge in [-0.25, -0.2) is 0 Å². The largest absolute Gasteiger partial charge is 0.366 e. The smallest absolute Gasteiger partial charge is 0.254 e. The number of aromatic amines is 1. The third kappa shape index (κ3) is 5.65. The van der Waals surface area contributed by atoms with Crippen molar-refractivity contribution >= 4 is 34.5 Å². The van der Waals surface area contributed by atoms with Crippen molar-refractivity contribution in [3.05, 3.63) is 94.7 Å². The summed E-state index contributed by atoms with van der Waals surface area (Å²) in [5, 5.41) is 1.18. The molecule has 0 aliphatic heterocycles. The summed E-state index contributed by atoms with van der Waals surface area (Å²) < 4.78 is 0. The van der Waals surface area contributed by atoms with Gasteiger partial charge in [-0.3, -0.25) is 9.59 Å². The van der Waals surface area contributed by atoms with Crippen LogP contribution in [-0.4, -0.2) is 35.8 Å². The van der Waals surface area contributed by atoms with E-state index in [1.54, 1.807) is 36.8 Å². The number of hydrogen-bond acceptors (Lipinski definition) is 3. The fraction of sp³-hybridized carbons (Fsp3) is 0.185. The monoisotopic (exact) mass is 459 g/mol. The first kappa shape index (κ1) is 24.1. The minimum Gasteiger partial charge on any atom is -0.366 e. The van der Waals surface area contributed by atoms with Crippen LogP contribution >= 0.6 is 11.8 Å². The van der Waals surface area contributed by atoms with Crippen molar-refractivity contribution < 1.29 is 9.59 Å². The Morgan fingerprint density at radius 1 is 0.879 bits per heavy atom. The zero-order valence-corrected chi connectivity index (χ0v) is 20.4. The first-order chi connectivity index (χ1) is 15.7. The Bertz CT molecular complexity index is 1310. The highest BCUT2D eigenvalue weighted by atomic mass is 32.2. The molecule has 170 valence electrons. The van der Waals surface area contributed by atoms with Crippen LogP contribution in [0.3, 0.4) is 0 Å². The molecule has 0 radical (unpaired) electrons. The van der Waals surface area contributed by atoms with Crippen LogP contribution in [0.5, 0.6) is 0 Å². The molecule has 0 saturated heterocycles. The lowest BCUT2D eigenvalue weighted by Gasteiger charge is -2.13. The lowest BCUT2D eigenvalue weighted by Crippen LogP contribution is -2.22. The molecule has 5 nitrogen and oxygen atoms in total. The second-order valence-corrected chi connectivity index (χ2v) is 9.20. The van der Waals surface area contributed by atoms with E-state index in [2.05, 4.69) is 30.1 Å². The molecule has 0 aliphatic carbocycles. The highest BCUT2D eigenvalue weighted by molar-refractivity contribution is 7.99. The van der Waals surface area contributed by atoms with E-state index in [0.717, 1.165) is 32.0 Å². The fourth-order valence-corrected chi connectivity index (χ4v) is 4.46. The number of primary amides is 1. The molecule has 1 heterocycles. The third-order valence-electron chi connectivity index (χ3n) is 5.41. The average Bonchev–Trinajstić information content (AvgIpc) is 3.17. The van der Waals surface area contributed by atoms with Gasteiger partial charge in [-0.05, 0) is 61.7 Å². The number of fused-ring (bicyclic) bond motifs is 1. The Morgan fingerprint density at radius 3 is 2.24 bits per heavy atom. The number of nitrogens with one attached hydrogen (secondary N) is 1. The van der Waals surface area contributed by atoms with Crippen molar-refractivity contribution in [2.75, 3.05) is 14.1 Å². The summed E-state index contributed by atoms with van der Waals surface area (Å²) in [7, 11) is 3.55. The molecule has 1 aromatic heterocycles. The summed E-state index contributed by atoms with van der Waals surface area (Å²) >= 11 is 1.62. The van der Waals surface area contributed by atoms with E-state index in [9.17, 15) is 9.59 Å². The summed E-state index contributed by atoms with van der Waals surface area (Å²) in [5.41, 5.74) is 10.9. The predicted molar refractivity (Wildman–Crippen MR) is 136 cm³/mol. The van der Waals surface area contributed by atoms with Crippen LogP contribution in [0.2, 0.25) is 0 Å². The SMILES string of the molecule is Cc1ccc2c(Sc3ccccc3C(=O)N(C)C)c[nH]c2c1.Cc1cccc(C(N)=O)c1C. The third-order valence-corrected chi connectivity index (χ3v) is 6.55. The molecule has 33 heavy (non-hydrogen) atoms. The summed E-state index contributed by atoms with van der Waals surface area (Å²) in [5.74, 6) is -0.329. The Hall–Kier alpha value is -3.51. The van der Waals surface area contributed by atoms with Crippen LogP contribution in [-0.2, 0) is 0 Å². The second kappa shape index (κ2) is 10.4. The molecule has 4 aromatic rings. The first-order valence-corrected chi connectivity index (χ1v) is 11.4. The summed E-state index contributed by atoms with van der Waals surface area (Å²) in [6, 6.07) is 19.6. The molecule has 4 rings (SSSR count). The van der Waals surface area contributed by atoms with Crippen LogP contribution in [0.4, 0.5) is 0 Å². The zero-order chi connectivity index (χ0) is 24.1. The topological polar surface area (TPSA) is 79.2 Å². The van der Waals surface area contributed by atoms with Crippen molar-refractivity contribution in [2.24, 2.45) is 5.73 Å². The van der Waals surface area contributed by atoms with Gasteiger partial charge in [-0.2, -0.15) is 0 Å². The molecule has 3 aromatic carbocycles. The maximum Gasteiger partial charge on any atom is 0.254 e. The van der Waals surface area contributed by atoms with Crippen LogP contribution in [0.25, 0.3) is 10.9 Å². The Balaban J connectivity index is 0.000000235. The molecule has 0 aliphatic rings. The van der Waals surface area contributed by atoms with Gasteiger partial charge in [0.05, 0.1) is 5.56 Å². The van der Waals surface area contributed by atoms with E-state index in [0.29, 0.717) is 5.56 Å². The van der Waals surface area contributed by atoms with Crippen LogP contribution in [0, 0.1) is 20.8 Å². The van der Waals surface area contributed by atoms with Gasteiger partial charge < -0.3 is 15.6 Å². The molecule has 0 spiro atoms. The van der Waals surface area contributed by atoms with Crippen LogP contribution < -0.4 is 5.73 Å². The Morgan fingerprint density at radius 2 is 1.58 bits per heavy atom. The van der Waals surface area contributed by atoms with Gasteiger partial charge >= 0.3 is 0 Å². The molecule has 0 atom stereocenters. The first-order valence-electron chi connectivity index (χ1n) is 10.6. The molecular formula is C27H29N3O2S. The number of hydrogen-bond donors (Lipinski definition) is 2. The molecule has 0 bridgehead atoms. The van der Waals surface area contributed by atoms with Gasteiger partial charge in [0, 0.05) is 46.5 Å². The Labute approximate surface area is 199 Å².